The molecule has 0 spiro atoms. The predicted octanol–water partition coefficient (Wildman–Crippen LogP) is 3.31. The van der Waals surface area contributed by atoms with Crippen molar-refractivity contribution in [2.75, 3.05) is 0 Å². The lowest BCUT2D eigenvalue weighted by Crippen LogP contribution is -2.01. The van der Waals surface area contributed by atoms with Crippen molar-refractivity contribution in [2.45, 2.75) is 18.1 Å². The number of benzene rings is 1. The molecule has 2 nitrogen and oxygen atoms in total. The molecule has 0 saturated heterocycles. The number of furan rings is 1. The molecule has 1 aromatic carbocycles. The predicted molar refractivity (Wildman–Crippen MR) is 68.0 cm³/mol. The fourth-order valence-corrected chi connectivity index (χ4v) is 2.55. The standard InChI is InChI=1S/C13H14FNOS/c14-12-4-3-10(11(6-12)7-15)8-17-9-13-2-1-5-16-13/h1-6H,7-9,15H2. The van der Waals surface area contributed by atoms with Crippen LogP contribution in [-0.2, 0) is 18.1 Å². The van der Waals surface area contributed by atoms with Crippen molar-refractivity contribution >= 4 is 11.8 Å². The van der Waals surface area contributed by atoms with E-state index in [-0.39, 0.29) is 5.82 Å². The Morgan fingerprint density at radius 1 is 1.18 bits per heavy atom. The summed E-state index contributed by atoms with van der Waals surface area (Å²) in [6.45, 7) is 0.369. The molecule has 2 aromatic rings. The Morgan fingerprint density at radius 2 is 2.06 bits per heavy atom. The Bertz CT molecular complexity index is 470. The highest BCUT2D eigenvalue weighted by Gasteiger charge is 2.04. The molecule has 0 aliphatic heterocycles. The summed E-state index contributed by atoms with van der Waals surface area (Å²) in [5, 5.41) is 0. The van der Waals surface area contributed by atoms with E-state index in [2.05, 4.69) is 0 Å². The SMILES string of the molecule is NCc1cc(F)ccc1CSCc1ccco1. The van der Waals surface area contributed by atoms with Crippen LogP contribution >= 0.6 is 11.8 Å². The highest BCUT2D eigenvalue weighted by molar-refractivity contribution is 7.97. The maximum atomic E-state index is 13.0. The van der Waals surface area contributed by atoms with Crippen LogP contribution < -0.4 is 5.73 Å². The summed E-state index contributed by atoms with van der Waals surface area (Å²) in [5.41, 5.74) is 7.55. The topological polar surface area (TPSA) is 39.2 Å². The Balaban J connectivity index is 1.94. The molecule has 0 fully saturated rings. The van der Waals surface area contributed by atoms with Gasteiger partial charge >= 0.3 is 0 Å². The van der Waals surface area contributed by atoms with E-state index in [1.165, 1.54) is 12.1 Å². The number of rotatable bonds is 5. The molecule has 2 N–H and O–H groups in total. The second kappa shape index (κ2) is 5.89. The summed E-state index contributed by atoms with van der Waals surface area (Å²) in [4.78, 5) is 0. The fourth-order valence-electron chi connectivity index (χ4n) is 1.58. The second-order valence-corrected chi connectivity index (χ2v) is 4.67. The van der Waals surface area contributed by atoms with E-state index in [0.29, 0.717) is 6.54 Å². The van der Waals surface area contributed by atoms with Crippen molar-refractivity contribution in [1.82, 2.24) is 0 Å². The van der Waals surface area contributed by atoms with Gasteiger partial charge in [-0.05, 0) is 35.4 Å². The van der Waals surface area contributed by atoms with E-state index < -0.39 is 0 Å². The van der Waals surface area contributed by atoms with Crippen molar-refractivity contribution < 1.29 is 8.81 Å². The molecule has 0 bridgehead atoms. The maximum Gasteiger partial charge on any atom is 0.123 e. The first-order chi connectivity index (χ1) is 8.29. The molecule has 2 rings (SSSR count). The van der Waals surface area contributed by atoms with E-state index in [1.54, 1.807) is 24.1 Å². The smallest absolute Gasteiger partial charge is 0.123 e. The zero-order chi connectivity index (χ0) is 12.1. The summed E-state index contributed by atoms with van der Waals surface area (Å²) >= 11 is 1.73. The van der Waals surface area contributed by atoms with Crippen LogP contribution in [0.25, 0.3) is 0 Å². The van der Waals surface area contributed by atoms with Gasteiger partial charge in [-0.1, -0.05) is 6.07 Å². The molecule has 0 unspecified atom stereocenters. The molecule has 0 aliphatic carbocycles. The summed E-state index contributed by atoms with van der Waals surface area (Å²) < 4.78 is 18.2. The van der Waals surface area contributed by atoms with Gasteiger partial charge in [0.1, 0.15) is 11.6 Å². The van der Waals surface area contributed by atoms with Gasteiger partial charge in [0.05, 0.1) is 12.0 Å². The minimum absolute atomic E-state index is 0.231. The van der Waals surface area contributed by atoms with Crippen molar-refractivity contribution in [3.63, 3.8) is 0 Å². The highest BCUT2D eigenvalue weighted by atomic mass is 32.2. The Labute approximate surface area is 104 Å². The molecule has 1 heterocycles. The van der Waals surface area contributed by atoms with Crippen molar-refractivity contribution in [2.24, 2.45) is 5.73 Å². The molecule has 0 aliphatic rings. The summed E-state index contributed by atoms with van der Waals surface area (Å²) in [6.07, 6.45) is 1.67. The Kier molecular flexibility index (Phi) is 4.23. The highest BCUT2D eigenvalue weighted by Crippen LogP contribution is 2.21. The van der Waals surface area contributed by atoms with Gasteiger partial charge in [0, 0.05) is 12.3 Å². The van der Waals surface area contributed by atoms with E-state index in [1.807, 2.05) is 12.1 Å². The van der Waals surface area contributed by atoms with Gasteiger partial charge in [-0.25, -0.2) is 4.39 Å². The lowest BCUT2D eigenvalue weighted by atomic mass is 10.1. The average Bonchev–Trinajstić information content (AvgIpc) is 2.84. The van der Waals surface area contributed by atoms with Crippen LogP contribution in [0.1, 0.15) is 16.9 Å². The van der Waals surface area contributed by atoms with Gasteiger partial charge < -0.3 is 10.2 Å². The first kappa shape index (κ1) is 12.2. The van der Waals surface area contributed by atoms with Gasteiger partial charge in [-0.2, -0.15) is 0 Å². The lowest BCUT2D eigenvalue weighted by Gasteiger charge is -2.07. The molecular weight excluding hydrogens is 237 g/mol. The van der Waals surface area contributed by atoms with Crippen molar-refractivity contribution in [1.29, 1.82) is 0 Å². The van der Waals surface area contributed by atoms with Crippen LogP contribution in [-0.4, -0.2) is 0 Å². The van der Waals surface area contributed by atoms with Gasteiger partial charge in [-0.3, -0.25) is 0 Å². The third kappa shape index (κ3) is 3.35. The summed E-state index contributed by atoms with van der Waals surface area (Å²) in [6, 6.07) is 8.60. The van der Waals surface area contributed by atoms with Crippen LogP contribution in [0.2, 0.25) is 0 Å². The quantitative estimate of drug-likeness (QED) is 0.886. The van der Waals surface area contributed by atoms with Crippen molar-refractivity contribution in [3.8, 4) is 0 Å². The minimum atomic E-state index is -0.231. The van der Waals surface area contributed by atoms with Gasteiger partial charge in [-0.15, -0.1) is 11.8 Å². The number of nitrogens with two attached hydrogens (primary N) is 1. The molecule has 90 valence electrons. The molecule has 4 heteroatoms. The van der Waals surface area contributed by atoms with Gasteiger partial charge in [0.2, 0.25) is 0 Å². The minimum Gasteiger partial charge on any atom is -0.468 e. The van der Waals surface area contributed by atoms with E-state index in [9.17, 15) is 4.39 Å². The largest absolute Gasteiger partial charge is 0.468 e. The first-order valence-electron chi connectivity index (χ1n) is 5.37. The monoisotopic (exact) mass is 251 g/mol. The number of hydrogen-bond donors (Lipinski definition) is 1. The van der Waals surface area contributed by atoms with Crippen LogP contribution in [0.15, 0.2) is 41.0 Å². The van der Waals surface area contributed by atoms with E-state index >= 15 is 0 Å². The summed E-state index contributed by atoms with van der Waals surface area (Å²) in [5.74, 6) is 2.35. The second-order valence-electron chi connectivity index (χ2n) is 3.69. The number of thioether (sulfide) groups is 1. The zero-order valence-corrected chi connectivity index (χ0v) is 10.2. The van der Waals surface area contributed by atoms with Crippen LogP contribution in [0.5, 0.6) is 0 Å². The average molecular weight is 251 g/mol. The Hall–Kier alpha value is -1.26. The van der Waals surface area contributed by atoms with Crippen LogP contribution in [0.3, 0.4) is 0 Å². The fraction of sp³-hybridized carbons (Fsp3) is 0.231. The van der Waals surface area contributed by atoms with Crippen LogP contribution in [0, 0.1) is 5.82 Å². The maximum absolute atomic E-state index is 13.0. The van der Waals surface area contributed by atoms with Gasteiger partial charge in [0.15, 0.2) is 0 Å². The number of hydrogen-bond acceptors (Lipinski definition) is 3. The third-order valence-corrected chi connectivity index (χ3v) is 3.47. The molecule has 0 amide bonds. The molecule has 0 saturated carbocycles. The normalized spacial score (nSPS) is 10.7. The van der Waals surface area contributed by atoms with E-state index in [4.69, 9.17) is 10.2 Å². The van der Waals surface area contributed by atoms with Crippen molar-refractivity contribution in [3.05, 3.63) is 59.3 Å². The Morgan fingerprint density at radius 3 is 2.76 bits per heavy atom. The third-order valence-electron chi connectivity index (χ3n) is 2.47. The number of halogens is 1. The van der Waals surface area contributed by atoms with Crippen LogP contribution in [0.4, 0.5) is 4.39 Å². The summed E-state index contributed by atoms with van der Waals surface area (Å²) in [7, 11) is 0. The van der Waals surface area contributed by atoms with E-state index in [0.717, 1.165) is 28.4 Å². The molecule has 1 aromatic heterocycles. The molecular formula is C13H14FNOS. The zero-order valence-electron chi connectivity index (χ0n) is 9.36. The molecule has 0 atom stereocenters. The molecule has 17 heavy (non-hydrogen) atoms. The molecule has 0 radical (unpaired) electrons. The van der Waals surface area contributed by atoms with Gasteiger partial charge in [0.25, 0.3) is 0 Å². The lowest BCUT2D eigenvalue weighted by molar-refractivity contribution is 0.530. The first-order valence-corrected chi connectivity index (χ1v) is 6.52.